The number of hydrogen-bond donors (Lipinski definition) is 1. The Labute approximate surface area is 193 Å². The summed E-state index contributed by atoms with van der Waals surface area (Å²) in [7, 11) is 0. The van der Waals surface area contributed by atoms with Gasteiger partial charge in [0, 0.05) is 29.2 Å². The van der Waals surface area contributed by atoms with Gasteiger partial charge in [0.2, 0.25) is 0 Å². The lowest BCUT2D eigenvalue weighted by molar-refractivity contribution is 0.102. The van der Waals surface area contributed by atoms with Gasteiger partial charge in [0.1, 0.15) is 5.56 Å². The second kappa shape index (κ2) is 9.25. The van der Waals surface area contributed by atoms with Crippen molar-refractivity contribution in [2.75, 3.05) is 5.32 Å². The fraction of sp³-hybridized carbons (Fsp3) is 0.179. The molecule has 33 heavy (non-hydrogen) atoms. The molecule has 0 unspecified atom stereocenters. The number of benzene rings is 2. The van der Waals surface area contributed by atoms with Crippen molar-refractivity contribution >= 4 is 11.6 Å². The van der Waals surface area contributed by atoms with Crippen LogP contribution in [0.15, 0.2) is 77.7 Å². The van der Waals surface area contributed by atoms with Crippen molar-refractivity contribution in [3.8, 4) is 11.3 Å². The third-order valence-corrected chi connectivity index (χ3v) is 6.05. The van der Waals surface area contributed by atoms with Crippen molar-refractivity contribution in [1.82, 2.24) is 9.55 Å². The topological polar surface area (TPSA) is 64.0 Å². The van der Waals surface area contributed by atoms with E-state index in [1.165, 1.54) is 6.07 Å². The highest BCUT2D eigenvalue weighted by atomic mass is 16.2. The average Bonchev–Trinajstić information content (AvgIpc) is 2.79. The fourth-order valence-electron chi connectivity index (χ4n) is 4.03. The molecule has 166 valence electrons. The van der Waals surface area contributed by atoms with E-state index in [4.69, 9.17) is 0 Å². The summed E-state index contributed by atoms with van der Waals surface area (Å²) in [6.07, 6.45) is 1.74. The number of aromatic nitrogens is 2. The van der Waals surface area contributed by atoms with Crippen molar-refractivity contribution < 1.29 is 4.79 Å². The normalized spacial score (nSPS) is 10.8. The molecule has 0 atom stereocenters. The first-order valence-corrected chi connectivity index (χ1v) is 10.9. The van der Waals surface area contributed by atoms with Crippen LogP contribution in [0.1, 0.15) is 38.4 Å². The number of carbonyl (C=O) groups excluding carboxylic acids is 1. The molecule has 0 saturated carbocycles. The van der Waals surface area contributed by atoms with Gasteiger partial charge in [-0.2, -0.15) is 0 Å². The molecule has 1 N–H and O–H groups in total. The summed E-state index contributed by atoms with van der Waals surface area (Å²) in [5.41, 5.74) is 6.63. The molecule has 0 bridgehead atoms. The summed E-state index contributed by atoms with van der Waals surface area (Å²) in [4.78, 5) is 31.3. The summed E-state index contributed by atoms with van der Waals surface area (Å²) in [6.45, 7) is 8.27. The Balaban J connectivity index is 1.93. The molecule has 0 aliphatic heterocycles. The zero-order valence-electron chi connectivity index (χ0n) is 19.3. The molecule has 2 heterocycles. The van der Waals surface area contributed by atoms with Gasteiger partial charge in [-0.3, -0.25) is 14.6 Å². The molecule has 0 aliphatic rings. The molecule has 1 amide bonds. The first kappa shape index (κ1) is 22.2. The maximum absolute atomic E-state index is 13.6. The first-order valence-electron chi connectivity index (χ1n) is 10.9. The summed E-state index contributed by atoms with van der Waals surface area (Å²) in [6, 6.07) is 20.8. The molecule has 0 saturated heterocycles. The maximum atomic E-state index is 13.6. The predicted molar refractivity (Wildman–Crippen MR) is 133 cm³/mol. The molecule has 4 aromatic rings. The zero-order valence-corrected chi connectivity index (χ0v) is 19.3. The van der Waals surface area contributed by atoms with Crippen LogP contribution in [0.5, 0.6) is 0 Å². The van der Waals surface area contributed by atoms with Gasteiger partial charge in [-0.25, -0.2) is 0 Å². The summed E-state index contributed by atoms with van der Waals surface area (Å²) in [5.74, 6) is -0.415. The van der Waals surface area contributed by atoms with E-state index in [1.54, 1.807) is 6.20 Å². The smallest absolute Gasteiger partial charge is 0.261 e. The molecule has 0 radical (unpaired) electrons. The Morgan fingerprint density at radius 2 is 1.64 bits per heavy atom. The van der Waals surface area contributed by atoms with E-state index in [2.05, 4.69) is 10.3 Å². The van der Waals surface area contributed by atoms with Crippen molar-refractivity contribution in [3.63, 3.8) is 0 Å². The van der Waals surface area contributed by atoms with Crippen molar-refractivity contribution in [1.29, 1.82) is 0 Å². The van der Waals surface area contributed by atoms with Crippen LogP contribution >= 0.6 is 0 Å². The average molecular weight is 438 g/mol. The largest absolute Gasteiger partial charge is 0.338 e. The number of carbonyl (C=O) groups is 1. The number of nitrogens with zero attached hydrogens (tertiary/aromatic N) is 2. The zero-order chi connectivity index (χ0) is 23.5. The minimum absolute atomic E-state index is 0.131. The Kier molecular flexibility index (Phi) is 6.22. The van der Waals surface area contributed by atoms with Gasteiger partial charge in [-0.15, -0.1) is 0 Å². The molecule has 0 fully saturated rings. The molecule has 0 spiro atoms. The van der Waals surface area contributed by atoms with Crippen LogP contribution in [0.4, 0.5) is 5.69 Å². The van der Waals surface area contributed by atoms with Crippen LogP contribution in [-0.2, 0) is 6.54 Å². The molecule has 2 aromatic carbocycles. The van der Waals surface area contributed by atoms with Gasteiger partial charge in [0.15, 0.2) is 5.43 Å². The lowest BCUT2D eigenvalue weighted by Gasteiger charge is -2.21. The Morgan fingerprint density at radius 1 is 0.909 bits per heavy atom. The Hall–Kier alpha value is -3.99. The SMILES string of the molecule is Cc1ccccc1-c1c(C(=O)Nc2cccc(C)c2C)c(=O)cc(C)n1Cc1ccccn1. The van der Waals surface area contributed by atoms with Crippen LogP contribution in [0.2, 0.25) is 0 Å². The van der Waals surface area contributed by atoms with E-state index < -0.39 is 5.91 Å². The Morgan fingerprint density at radius 3 is 2.36 bits per heavy atom. The van der Waals surface area contributed by atoms with Crippen molar-refractivity contribution in [2.24, 2.45) is 0 Å². The number of rotatable bonds is 5. The minimum Gasteiger partial charge on any atom is -0.338 e. The van der Waals surface area contributed by atoms with Crippen LogP contribution in [0.25, 0.3) is 11.3 Å². The van der Waals surface area contributed by atoms with Crippen molar-refractivity contribution in [3.05, 3.63) is 117 Å². The third-order valence-electron chi connectivity index (χ3n) is 6.05. The number of anilines is 1. The van der Waals surface area contributed by atoms with Crippen LogP contribution in [0.3, 0.4) is 0 Å². The van der Waals surface area contributed by atoms with Gasteiger partial charge in [-0.1, -0.05) is 42.5 Å². The van der Waals surface area contributed by atoms with Gasteiger partial charge in [-0.05, 0) is 62.6 Å². The monoisotopic (exact) mass is 437 g/mol. The number of pyridine rings is 2. The lowest BCUT2D eigenvalue weighted by Crippen LogP contribution is -2.27. The Bertz CT molecular complexity index is 1390. The third kappa shape index (κ3) is 4.48. The van der Waals surface area contributed by atoms with Gasteiger partial charge >= 0.3 is 0 Å². The van der Waals surface area contributed by atoms with E-state index >= 15 is 0 Å². The molecule has 2 aromatic heterocycles. The second-order valence-corrected chi connectivity index (χ2v) is 8.30. The number of amides is 1. The highest BCUT2D eigenvalue weighted by Gasteiger charge is 2.23. The van der Waals surface area contributed by atoms with E-state index in [0.717, 1.165) is 33.6 Å². The standard InChI is InChI=1S/C28H27N3O2/c1-18-11-9-14-24(21(18)4)30-28(33)26-25(32)16-20(3)31(17-22-12-7-8-15-29-22)27(26)23-13-6-5-10-19(23)2/h5-16H,17H2,1-4H3,(H,30,33). The van der Waals surface area contributed by atoms with Crippen LogP contribution in [-0.4, -0.2) is 15.5 Å². The molecule has 5 heteroatoms. The number of nitrogens with one attached hydrogen (secondary N) is 1. The van der Waals surface area contributed by atoms with Crippen molar-refractivity contribution in [2.45, 2.75) is 34.2 Å². The second-order valence-electron chi connectivity index (χ2n) is 8.30. The highest BCUT2D eigenvalue weighted by molar-refractivity contribution is 6.08. The quantitative estimate of drug-likeness (QED) is 0.452. The number of aryl methyl sites for hydroxylation is 3. The molecule has 5 nitrogen and oxygen atoms in total. The maximum Gasteiger partial charge on any atom is 0.261 e. The van der Waals surface area contributed by atoms with E-state index in [9.17, 15) is 9.59 Å². The predicted octanol–water partition coefficient (Wildman–Crippen LogP) is 5.44. The molecule has 4 rings (SSSR count). The van der Waals surface area contributed by atoms with E-state index in [0.29, 0.717) is 17.9 Å². The molecule has 0 aliphatic carbocycles. The lowest BCUT2D eigenvalue weighted by atomic mass is 9.98. The van der Waals surface area contributed by atoms with E-state index in [1.807, 2.05) is 92.9 Å². The van der Waals surface area contributed by atoms with Gasteiger partial charge < -0.3 is 9.88 Å². The fourth-order valence-corrected chi connectivity index (χ4v) is 4.03. The number of hydrogen-bond acceptors (Lipinski definition) is 3. The summed E-state index contributed by atoms with van der Waals surface area (Å²) >= 11 is 0. The minimum atomic E-state index is -0.415. The van der Waals surface area contributed by atoms with Gasteiger partial charge in [0.25, 0.3) is 5.91 Å². The highest BCUT2D eigenvalue weighted by Crippen LogP contribution is 2.28. The van der Waals surface area contributed by atoms with Gasteiger partial charge in [0.05, 0.1) is 17.9 Å². The van der Waals surface area contributed by atoms with Crippen LogP contribution < -0.4 is 10.7 Å². The molecular weight excluding hydrogens is 410 g/mol. The molecular formula is C28H27N3O2. The van der Waals surface area contributed by atoms with E-state index in [-0.39, 0.29) is 11.0 Å². The summed E-state index contributed by atoms with van der Waals surface area (Å²) < 4.78 is 2.00. The first-order chi connectivity index (χ1) is 15.9. The van der Waals surface area contributed by atoms with Crippen LogP contribution in [0, 0.1) is 27.7 Å². The summed E-state index contributed by atoms with van der Waals surface area (Å²) in [5, 5.41) is 2.98.